The second kappa shape index (κ2) is 8.72. The van der Waals surface area contributed by atoms with Gasteiger partial charge in [-0.3, -0.25) is 9.59 Å². The van der Waals surface area contributed by atoms with Crippen LogP contribution in [0.4, 0.5) is 4.39 Å². The summed E-state index contributed by atoms with van der Waals surface area (Å²) in [6.45, 7) is 1.38. The van der Waals surface area contributed by atoms with Crippen molar-refractivity contribution in [2.75, 3.05) is 19.8 Å². The molecule has 1 aliphatic rings. The molecule has 2 aromatic rings. The first-order valence-corrected chi connectivity index (χ1v) is 8.76. The van der Waals surface area contributed by atoms with E-state index in [0.717, 1.165) is 0 Å². The van der Waals surface area contributed by atoms with Crippen LogP contribution >= 0.6 is 0 Å². The van der Waals surface area contributed by atoms with E-state index in [9.17, 15) is 19.1 Å². The maximum absolute atomic E-state index is 13.2. The summed E-state index contributed by atoms with van der Waals surface area (Å²) in [5.41, 5.74) is 0.778. The molecule has 0 spiro atoms. The van der Waals surface area contributed by atoms with E-state index >= 15 is 0 Å². The maximum atomic E-state index is 13.2. The molecule has 27 heavy (non-hydrogen) atoms. The van der Waals surface area contributed by atoms with Gasteiger partial charge in [0.2, 0.25) is 0 Å². The Morgan fingerprint density at radius 1 is 1.37 bits per heavy atom. The molecule has 1 fully saturated rings. The molecule has 144 valence electrons. The van der Waals surface area contributed by atoms with E-state index in [1.165, 1.54) is 23.0 Å². The van der Waals surface area contributed by atoms with Gasteiger partial charge in [-0.05, 0) is 36.5 Å². The molecule has 1 aromatic carbocycles. The number of aliphatic carboxylic acids is 1. The molecule has 1 aliphatic heterocycles. The number of nitrogens with zero attached hydrogens (tertiary/aromatic N) is 3. The van der Waals surface area contributed by atoms with Crippen LogP contribution in [0.25, 0.3) is 0 Å². The monoisotopic (exact) mass is 376 g/mol. The maximum Gasteiger partial charge on any atom is 0.308 e. The lowest BCUT2D eigenvalue weighted by Crippen LogP contribution is -2.39. The van der Waals surface area contributed by atoms with Crippen molar-refractivity contribution in [2.24, 2.45) is 11.8 Å². The van der Waals surface area contributed by atoms with Crippen LogP contribution in [0.5, 0.6) is 0 Å². The Morgan fingerprint density at radius 2 is 2.15 bits per heavy atom. The van der Waals surface area contributed by atoms with E-state index in [-0.39, 0.29) is 30.5 Å². The Bertz CT molecular complexity index is 804. The molecule has 1 aromatic heterocycles. The minimum Gasteiger partial charge on any atom is -0.481 e. The molecule has 2 N–H and O–H groups in total. The average molecular weight is 376 g/mol. The number of carbonyl (C=O) groups is 2. The van der Waals surface area contributed by atoms with Crippen molar-refractivity contribution >= 4 is 11.9 Å². The number of carboxylic acids is 1. The van der Waals surface area contributed by atoms with Gasteiger partial charge >= 0.3 is 5.97 Å². The van der Waals surface area contributed by atoms with Gasteiger partial charge in [0.25, 0.3) is 5.91 Å². The smallest absolute Gasteiger partial charge is 0.308 e. The Kier molecular flexibility index (Phi) is 6.12. The van der Waals surface area contributed by atoms with Gasteiger partial charge in [-0.25, -0.2) is 9.07 Å². The fraction of sp³-hybridized carbons (Fsp3) is 0.444. The van der Waals surface area contributed by atoms with Gasteiger partial charge in [-0.2, -0.15) is 0 Å². The van der Waals surface area contributed by atoms with Crippen LogP contribution in [-0.4, -0.2) is 51.7 Å². The zero-order valence-electron chi connectivity index (χ0n) is 14.7. The molecule has 9 heteroatoms. The first kappa shape index (κ1) is 19.0. The molecule has 2 heterocycles. The zero-order chi connectivity index (χ0) is 19.2. The predicted octanol–water partition coefficient (Wildman–Crippen LogP) is 1.32. The first-order valence-electron chi connectivity index (χ1n) is 8.76. The number of nitrogens with one attached hydrogen (secondary N) is 1. The van der Waals surface area contributed by atoms with Crippen LogP contribution in [0.1, 0.15) is 28.9 Å². The van der Waals surface area contributed by atoms with Crippen LogP contribution in [0.3, 0.4) is 0 Å². The second-order valence-electron chi connectivity index (χ2n) is 6.54. The SMILES string of the molecule is O=C(NCC(C(=O)O)C1CCOCC1)c1cn(Cc2cccc(F)c2)nn1. The minimum absolute atomic E-state index is 0.0234. The van der Waals surface area contributed by atoms with Gasteiger partial charge in [0, 0.05) is 19.8 Å². The number of aromatic nitrogens is 3. The van der Waals surface area contributed by atoms with E-state index < -0.39 is 17.8 Å². The molecule has 8 nitrogen and oxygen atoms in total. The molecule has 1 atom stereocenters. The number of hydrogen-bond acceptors (Lipinski definition) is 5. The van der Waals surface area contributed by atoms with E-state index in [1.807, 2.05) is 0 Å². The fourth-order valence-electron chi connectivity index (χ4n) is 3.17. The van der Waals surface area contributed by atoms with Crippen molar-refractivity contribution in [2.45, 2.75) is 19.4 Å². The van der Waals surface area contributed by atoms with Gasteiger partial charge in [0.05, 0.1) is 18.7 Å². The van der Waals surface area contributed by atoms with Crippen LogP contribution < -0.4 is 5.32 Å². The standard InChI is InChI=1S/C18H21FN4O4/c19-14-3-1-2-12(8-14)10-23-11-16(21-22-23)17(24)20-9-15(18(25)26)13-4-6-27-7-5-13/h1-3,8,11,13,15H,4-7,9-10H2,(H,20,24)(H,25,26). The zero-order valence-corrected chi connectivity index (χ0v) is 14.7. The molecule has 1 amide bonds. The summed E-state index contributed by atoms with van der Waals surface area (Å²) in [5, 5.41) is 19.7. The van der Waals surface area contributed by atoms with Gasteiger partial charge in [0.1, 0.15) is 5.82 Å². The van der Waals surface area contributed by atoms with Gasteiger partial charge < -0.3 is 15.2 Å². The lowest BCUT2D eigenvalue weighted by Gasteiger charge is -2.27. The van der Waals surface area contributed by atoms with Crippen LogP contribution in [0.15, 0.2) is 30.5 Å². The number of halogens is 1. The third-order valence-electron chi connectivity index (χ3n) is 4.64. The molecule has 1 unspecified atom stereocenters. The van der Waals surface area contributed by atoms with Crippen molar-refractivity contribution < 1.29 is 23.8 Å². The highest BCUT2D eigenvalue weighted by Crippen LogP contribution is 2.23. The Hall–Kier alpha value is -2.81. The Morgan fingerprint density at radius 3 is 2.85 bits per heavy atom. The topological polar surface area (TPSA) is 106 Å². The quantitative estimate of drug-likeness (QED) is 0.755. The number of rotatable bonds is 7. The highest BCUT2D eigenvalue weighted by molar-refractivity contribution is 5.92. The number of ether oxygens (including phenoxy) is 1. The van der Waals surface area contributed by atoms with Crippen molar-refractivity contribution in [3.8, 4) is 0 Å². The van der Waals surface area contributed by atoms with Crippen molar-refractivity contribution in [1.29, 1.82) is 0 Å². The fourth-order valence-corrected chi connectivity index (χ4v) is 3.17. The van der Waals surface area contributed by atoms with Crippen molar-refractivity contribution in [3.05, 3.63) is 47.5 Å². The van der Waals surface area contributed by atoms with E-state index in [2.05, 4.69) is 15.6 Å². The third kappa shape index (κ3) is 5.10. The summed E-state index contributed by atoms with van der Waals surface area (Å²) in [7, 11) is 0. The highest BCUT2D eigenvalue weighted by Gasteiger charge is 2.30. The lowest BCUT2D eigenvalue weighted by atomic mass is 9.86. The summed E-state index contributed by atoms with van der Waals surface area (Å²) < 4.78 is 19.9. The number of carbonyl (C=O) groups excluding carboxylic acids is 1. The molecule has 1 saturated heterocycles. The summed E-state index contributed by atoms with van der Waals surface area (Å²) in [6, 6.07) is 6.07. The number of hydrogen-bond donors (Lipinski definition) is 2. The number of amides is 1. The lowest BCUT2D eigenvalue weighted by molar-refractivity contribution is -0.144. The predicted molar refractivity (Wildman–Crippen MR) is 92.5 cm³/mol. The van der Waals surface area contributed by atoms with Crippen molar-refractivity contribution in [3.63, 3.8) is 0 Å². The summed E-state index contributed by atoms with van der Waals surface area (Å²) >= 11 is 0. The Balaban J connectivity index is 1.57. The van der Waals surface area contributed by atoms with E-state index in [0.29, 0.717) is 31.6 Å². The molecule has 0 saturated carbocycles. The largest absolute Gasteiger partial charge is 0.481 e. The van der Waals surface area contributed by atoms with Crippen LogP contribution in [-0.2, 0) is 16.1 Å². The summed E-state index contributed by atoms with van der Waals surface area (Å²) in [6.07, 6.45) is 2.78. The molecule has 0 bridgehead atoms. The van der Waals surface area contributed by atoms with E-state index in [1.54, 1.807) is 12.1 Å². The molecule has 0 aliphatic carbocycles. The first-order chi connectivity index (χ1) is 13.0. The molecular weight excluding hydrogens is 355 g/mol. The summed E-state index contributed by atoms with van der Waals surface area (Å²) in [4.78, 5) is 23.8. The average Bonchev–Trinajstić information content (AvgIpc) is 3.11. The van der Waals surface area contributed by atoms with Gasteiger partial charge in [-0.15, -0.1) is 5.10 Å². The number of benzene rings is 1. The van der Waals surface area contributed by atoms with E-state index in [4.69, 9.17) is 4.74 Å². The summed E-state index contributed by atoms with van der Waals surface area (Å²) in [5.74, 6) is -2.46. The van der Waals surface area contributed by atoms with Gasteiger partial charge in [-0.1, -0.05) is 17.3 Å². The van der Waals surface area contributed by atoms with Gasteiger partial charge in [0.15, 0.2) is 5.69 Å². The molecular formula is C18H21FN4O4. The molecule has 3 rings (SSSR count). The Labute approximate surface area is 155 Å². The minimum atomic E-state index is -0.933. The van der Waals surface area contributed by atoms with Crippen molar-refractivity contribution in [1.82, 2.24) is 20.3 Å². The second-order valence-corrected chi connectivity index (χ2v) is 6.54. The van der Waals surface area contributed by atoms with Crippen LogP contribution in [0, 0.1) is 17.7 Å². The highest BCUT2D eigenvalue weighted by atomic mass is 19.1. The van der Waals surface area contributed by atoms with Crippen LogP contribution in [0.2, 0.25) is 0 Å². The third-order valence-corrected chi connectivity index (χ3v) is 4.64. The number of carboxylic acid groups (broad SMARTS) is 1. The normalized spacial score (nSPS) is 16.0. The molecule has 0 radical (unpaired) electrons.